The van der Waals surface area contributed by atoms with E-state index >= 15 is 0 Å². The number of hydrogen-bond donors (Lipinski definition) is 1. The number of alkyl halides is 3. The van der Waals surface area contributed by atoms with Crippen molar-refractivity contribution in [2.45, 2.75) is 31.5 Å². The molecule has 0 bridgehead atoms. The van der Waals surface area contributed by atoms with Gasteiger partial charge in [-0.15, -0.1) is 0 Å². The van der Waals surface area contributed by atoms with Crippen molar-refractivity contribution < 1.29 is 27.8 Å². The summed E-state index contributed by atoms with van der Waals surface area (Å²) in [5.74, 6) is -0.701. The van der Waals surface area contributed by atoms with Crippen molar-refractivity contribution in [1.29, 1.82) is 0 Å². The average Bonchev–Trinajstić information content (AvgIpc) is 2.37. The van der Waals surface area contributed by atoms with Crippen LogP contribution in [0.15, 0.2) is 24.3 Å². The lowest BCUT2D eigenvalue weighted by atomic mass is 10.0. The van der Waals surface area contributed by atoms with Crippen LogP contribution in [-0.4, -0.2) is 24.3 Å². The average molecular weight is 276 g/mol. The smallest absolute Gasteiger partial charge is 0.416 e. The van der Waals surface area contributed by atoms with Gasteiger partial charge in [-0.2, -0.15) is 13.2 Å². The Hall–Kier alpha value is -1.56. The van der Waals surface area contributed by atoms with Crippen molar-refractivity contribution in [1.82, 2.24) is 0 Å². The van der Waals surface area contributed by atoms with E-state index in [4.69, 9.17) is 0 Å². The number of esters is 1. The summed E-state index contributed by atoms with van der Waals surface area (Å²) in [7, 11) is 1.18. The molecule has 1 aromatic rings. The number of aliphatic hydroxyl groups excluding tert-OH is 1. The van der Waals surface area contributed by atoms with Gasteiger partial charge in [0.25, 0.3) is 0 Å². The van der Waals surface area contributed by atoms with Crippen LogP contribution in [-0.2, 0) is 22.1 Å². The molecule has 19 heavy (non-hydrogen) atoms. The Morgan fingerprint density at radius 3 is 2.37 bits per heavy atom. The second-order valence-corrected chi connectivity index (χ2v) is 4.13. The molecule has 1 aromatic carbocycles. The van der Waals surface area contributed by atoms with Crippen LogP contribution in [0.2, 0.25) is 0 Å². The zero-order valence-electron chi connectivity index (χ0n) is 10.4. The summed E-state index contributed by atoms with van der Waals surface area (Å²) < 4.78 is 41.3. The fourth-order valence-electron chi connectivity index (χ4n) is 1.61. The summed E-state index contributed by atoms with van der Waals surface area (Å²) in [6.45, 7) is 0. The van der Waals surface area contributed by atoms with Crippen LogP contribution in [0.5, 0.6) is 0 Å². The third-order valence-corrected chi connectivity index (χ3v) is 2.70. The number of carbonyl (C=O) groups is 1. The first-order valence-electron chi connectivity index (χ1n) is 5.76. The zero-order chi connectivity index (χ0) is 14.5. The van der Waals surface area contributed by atoms with Gasteiger partial charge in [0, 0.05) is 0 Å². The highest BCUT2D eigenvalue weighted by Gasteiger charge is 2.29. The van der Waals surface area contributed by atoms with Gasteiger partial charge in [-0.1, -0.05) is 12.1 Å². The molecule has 3 nitrogen and oxygen atoms in total. The summed E-state index contributed by atoms with van der Waals surface area (Å²) in [6, 6.07) is 4.83. The quantitative estimate of drug-likeness (QED) is 0.841. The number of hydrogen-bond acceptors (Lipinski definition) is 3. The lowest BCUT2D eigenvalue weighted by molar-refractivity contribution is -0.150. The fraction of sp³-hybridized carbons (Fsp3) is 0.462. The van der Waals surface area contributed by atoms with E-state index in [-0.39, 0.29) is 6.42 Å². The van der Waals surface area contributed by atoms with Gasteiger partial charge in [0.05, 0.1) is 12.7 Å². The van der Waals surface area contributed by atoms with Crippen LogP contribution < -0.4 is 0 Å². The first-order valence-corrected chi connectivity index (χ1v) is 5.76. The maximum absolute atomic E-state index is 12.3. The number of aliphatic hydroxyl groups is 1. The highest BCUT2D eigenvalue weighted by Crippen LogP contribution is 2.29. The van der Waals surface area contributed by atoms with Crippen molar-refractivity contribution >= 4 is 5.97 Å². The van der Waals surface area contributed by atoms with E-state index in [1.54, 1.807) is 0 Å². The maximum Gasteiger partial charge on any atom is 0.416 e. The Bertz CT molecular complexity index is 412. The fourth-order valence-corrected chi connectivity index (χ4v) is 1.61. The molecule has 1 rings (SSSR count). The van der Waals surface area contributed by atoms with Gasteiger partial charge >= 0.3 is 12.1 Å². The Balaban J connectivity index is 2.45. The molecular weight excluding hydrogens is 261 g/mol. The van der Waals surface area contributed by atoms with Gasteiger partial charge < -0.3 is 9.84 Å². The molecule has 6 heteroatoms. The molecule has 106 valence electrons. The number of methoxy groups -OCH3 is 1. The Kier molecular flexibility index (Phi) is 5.35. The van der Waals surface area contributed by atoms with Gasteiger partial charge in [0.1, 0.15) is 0 Å². The molecule has 0 spiro atoms. The van der Waals surface area contributed by atoms with E-state index in [0.717, 1.165) is 17.7 Å². The monoisotopic (exact) mass is 276 g/mol. The molecule has 1 N–H and O–H groups in total. The minimum Gasteiger partial charge on any atom is -0.467 e. The lowest BCUT2D eigenvalue weighted by Gasteiger charge is -2.09. The van der Waals surface area contributed by atoms with Gasteiger partial charge in [0.2, 0.25) is 0 Å². The minimum absolute atomic E-state index is 0.216. The summed E-state index contributed by atoms with van der Waals surface area (Å²) >= 11 is 0. The zero-order valence-corrected chi connectivity index (χ0v) is 10.4. The third kappa shape index (κ3) is 4.90. The molecule has 0 heterocycles. The molecule has 0 aromatic heterocycles. The van der Waals surface area contributed by atoms with Crippen LogP contribution in [0.1, 0.15) is 24.0 Å². The highest BCUT2D eigenvalue weighted by atomic mass is 19.4. The molecule has 0 fully saturated rings. The molecule has 0 aliphatic rings. The number of aryl methyl sites for hydroxylation is 1. The van der Waals surface area contributed by atoms with Crippen LogP contribution in [0.3, 0.4) is 0 Å². The number of halogens is 3. The number of ether oxygens (including phenoxy) is 1. The second kappa shape index (κ2) is 6.56. The molecule has 0 amide bonds. The SMILES string of the molecule is COC(=O)[C@H](O)CCCc1ccc(C(F)(F)F)cc1. The van der Waals surface area contributed by atoms with Gasteiger partial charge in [-0.3, -0.25) is 0 Å². The van der Waals surface area contributed by atoms with E-state index in [0.29, 0.717) is 12.8 Å². The summed E-state index contributed by atoms with van der Waals surface area (Å²) in [5, 5.41) is 9.32. The molecule has 0 unspecified atom stereocenters. The summed E-state index contributed by atoms with van der Waals surface area (Å²) in [6.07, 6.45) is -4.32. The third-order valence-electron chi connectivity index (χ3n) is 2.70. The molecular formula is C13H15F3O3. The van der Waals surface area contributed by atoms with Crippen LogP contribution in [0, 0.1) is 0 Å². The standard InChI is InChI=1S/C13H15F3O3/c1-19-12(18)11(17)4-2-3-9-5-7-10(8-6-9)13(14,15)16/h5-8,11,17H,2-4H2,1H3/t11-/m1/s1. The van der Waals surface area contributed by atoms with Gasteiger partial charge in [-0.05, 0) is 37.0 Å². The van der Waals surface area contributed by atoms with E-state index in [2.05, 4.69) is 4.74 Å². The normalized spacial score (nSPS) is 13.1. The van der Waals surface area contributed by atoms with E-state index in [1.807, 2.05) is 0 Å². The van der Waals surface area contributed by atoms with E-state index < -0.39 is 23.8 Å². The van der Waals surface area contributed by atoms with Crippen molar-refractivity contribution in [3.8, 4) is 0 Å². The Morgan fingerprint density at radius 2 is 1.89 bits per heavy atom. The molecule has 0 aliphatic heterocycles. The largest absolute Gasteiger partial charge is 0.467 e. The minimum atomic E-state index is -4.33. The van der Waals surface area contributed by atoms with Gasteiger partial charge in [-0.25, -0.2) is 4.79 Å². The van der Waals surface area contributed by atoms with Crippen LogP contribution >= 0.6 is 0 Å². The molecule has 0 radical (unpaired) electrons. The Morgan fingerprint density at radius 1 is 1.32 bits per heavy atom. The second-order valence-electron chi connectivity index (χ2n) is 4.13. The van der Waals surface area contributed by atoms with Crippen molar-refractivity contribution in [2.24, 2.45) is 0 Å². The Labute approximate surface area is 109 Å². The highest BCUT2D eigenvalue weighted by molar-refractivity contribution is 5.74. The summed E-state index contributed by atoms with van der Waals surface area (Å²) in [5.41, 5.74) is 0.0379. The van der Waals surface area contributed by atoms with E-state index in [1.165, 1.54) is 19.2 Å². The molecule has 1 atom stereocenters. The maximum atomic E-state index is 12.3. The predicted octanol–water partition coefficient (Wildman–Crippen LogP) is 2.56. The van der Waals surface area contributed by atoms with Crippen LogP contribution in [0.25, 0.3) is 0 Å². The molecule has 0 saturated carbocycles. The molecule has 0 saturated heterocycles. The first kappa shape index (κ1) is 15.5. The lowest BCUT2D eigenvalue weighted by Crippen LogP contribution is -2.21. The predicted molar refractivity (Wildman–Crippen MR) is 62.4 cm³/mol. The van der Waals surface area contributed by atoms with Crippen molar-refractivity contribution in [3.63, 3.8) is 0 Å². The van der Waals surface area contributed by atoms with Crippen LogP contribution in [0.4, 0.5) is 13.2 Å². The summed E-state index contributed by atoms with van der Waals surface area (Å²) in [4.78, 5) is 10.9. The number of rotatable bonds is 5. The number of benzene rings is 1. The molecule has 0 aliphatic carbocycles. The van der Waals surface area contributed by atoms with Crippen molar-refractivity contribution in [2.75, 3.05) is 7.11 Å². The topological polar surface area (TPSA) is 46.5 Å². The van der Waals surface area contributed by atoms with Gasteiger partial charge in [0.15, 0.2) is 6.10 Å². The van der Waals surface area contributed by atoms with Crippen molar-refractivity contribution in [3.05, 3.63) is 35.4 Å². The number of carbonyl (C=O) groups excluding carboxylic acids is 1. The first-order chi connectivity index (χ1) is 8.84. The van der Waals surface area contributed by atoms with E-state index in [9.17, 15) is 23.1 Å².